The van der Waals surface area contributed by atoms with Crippen molar-refractivity contribution in [2.45, 2.75) is 47.5 Å². The van der Waals surface area contributed by atoms with E-state index in [2.05, 4.69) is 6.07 Å². The minimum Gasteiger partial charge on any atom is -0.465 e. The number of ether oxygens (including phenoxy) is 1. The topological polar surface area (TPSA) is 50.1 Å². The molecule has 0 amide bonds. The van der Waals surface area contributed by atoms with Gasteiger partial charge in [0.25, 0.3) is 0 Å². The number of carbonyl (C=O) groups excluding carboxylic acids is 1. The second-order valence-corrected chi connectivity index (χ2v) is 5.11. The van der Waals surface area contributed by atoms with Crippen LogP contribution < -0.4 is 0 Å². The monoisotopic (exact) mass is 225 g/mol. The maximum absolute atomic E-state index is 11.9. The lowest BCUT2D eigenvalue weighted by molar-refractivity contribution is -0.153. The number of nitriles is 1. The Hall–Kier alpha value is -1.04. The molecule has 0 saturated heterocycles. The molecular formula is C13H23NO2. The lowest BCUT2D eigenvalue weighted by Gasteiger charge is -2.27. The summed E-state index contributed by atoms with van der Waals surface area (Å²) in [6.07, 6.45) is 1.14. The van der Waals surface area contributed by atoms with Crippen molar-refractivity contribution < 1.29 is 9.53 Å². The van der Waals surface area contributed by atoms with Crippen LogP contribution in [-0.4, -0.2) is 12.6 Å². The van der Waals surface area contributed by atoms with Crippen molar-refractivity contribution in [3.8, 4) is 6.07 Å². The van der Waals surface area contributed by atoms with E-state index in [1.54, 1.807) is 6.92 Å². The highest BCUT2D eigenvalue weighted by Crippen LogP contribution is 2.34. The van der Waals surface area contributed by atoms with E-state index in [0.717, 1.165) is 0 Å². The van der Waals surface area contributed by atoms with Crippen molar-refractivity contribution in [3.05, 3.63) is 0 Å². The summed E-state index contributed by atoms with van der Waals surface area (Å²) in [5.74, 6) is 0.255. The molecule has 0 aliphatic rings. The van der Waals surface area contributed by atoms with Gasteiger partial charge in [0.2, 0.25) is 0 Å². The summed E-state index contributed by atoms with van der Waals surface area (Å²) in [5.41, 5.74) is -0.960. The maximum atomic E-state index is 11.9. The van der Waals surface area contributed by atoms with Gasteiger partial charge in [-0.1, -0.05) is 27.7 Å². The number of hydrogen-bond donors (Lipinski definition) is 0. The molecule has 0 aliphatic carbocycles. The Balaban J connectivity index is 4.96. The lowest BCUT2D eigenvalue weighted by atomic mass is 9.75. The summed E-state index contributed by atoms with van der Waals surface area (Å²) in [5, 5.41) is 9.32. The van der Waals surface area contributed by atoms with E-state index in [1.807, 2.05) is 27.7 Å². The normalized spacial score (nSPS) is 11.6. The molecule has 0 saturated carbocycles. The quantitative estimate of drug-likeness (QED) is 0.652. The van der Waals surface area contributed by atoms with E-state index in [4.69, 9.17) is 4.74 Å². The Bertz CT molecular complexity index is 254. The molecule has 0 radical (unpaired) electrons. The predicted molar refractivity (Wildman–Crippen MR) is 63.6 cm³/mol. The molecule has 0 N–H and O–H groups in total. The van der Waals surface area contributed by atoms with Gasteiger partial charge in [0, 0.05) is 0 Å². The van der Waals surface area contributed by atoms with Crippen LogP contribution in [0.15, 0.2) is 0 Å². The van der Waals surface area contributed by atoms with Crippen molar-refractivity contribution in [1.82, 2.24) is 0 Å². The number of esters is 1. The molecule has 0 fully saturated rings. The molecule has 16 heavy (non-hydrogen) atoms. The molecule has 0 atom stereocenters. The van der Waals surface area contributed by atoms with Gasteiger partial charge in [-0.2, -0.15) is 5.26 Å². The Morgan fingerprint density at radius 3 is 1.94 bits per heavy atom. The SMILES string of the molecule is CCOC(=O)C(C#N)(CC(C)C)CC(C)C. The van der Waals surface area contributed by atoms with Crippen molar-refractivity contribution in [1.29, 1.82) is 5.26 Å². The Morgan fingerprint density at radius 1 is 1.25 bits per heavy atom. The summed E-state index contributed by atoms with van der Waals surface area (Å²) < 4.78 is 5.04. The number of rotatable bonds is 6. The lowest BCUT2D eigenvalue weighted by Crippen LogP contribution is -2.34. The third-order valence-corrected chi connectivity index (χ3v) is 2.39. The second kappa shape index (κ2) is 6.52. The van der Waals surface area contributed by atoms with E-state index >= 15 is 0 Å². The molecule has 0 unspecified atom stereocenters. The molecule has 0 bridgehead atoms. The third-order valence-electron chi connectivity index (χ3n) is 2.39. The minimum atomic E-state index is -0.960. The summed E-state index contributed by atoms with van der Waals surface area (Å²) in [6, 6.07) is 2.19. The van der Waals surface area contributed by atoms with Crippen molar-refractivity contribution >= 4 is 5.97 Å². The number of nitrogens with zero attached hydrogens (tertiary/aromatic N) is 1. The molecule has 0 spiro atoms. The highest BCUT2D eigenvalue weighted by molar-refractivity contribution is 5.80. The number of carbonyl (C=O) groups is 1. The first-order valence-electron chi connectivity index (χ1n) is 5.96. The highest BCUT2D eigenvalue weighted by atomic mass is 16.5. The van der Waals surface area contributed by atoms with E-state index < -0.39 is 5.41 Å². The Kier molecular flexibility index (Phi) is 6.10. The van der Waals surface area contributed by atoms with E-state index in [1.165, 1.54) is 0 Å². The maximum Gasteiger partial charge on any atom is 0.326 e. The van der Waals surface area contributed by atoms with Gasteiger partial charge in [-0.15, -0.1) is 0 Å². The minimum absolute atomic E-state index is 0.308. The Morgan fingerprint density at radius 2 is 1.69 bits per heavy atom. The van der Waals surface area contributed by atoms with Gasteiger partial charge in [-0.3, -0.25) is 4.79 Å². The average molecular weight is 225 g/mol. The highest BCUT2D eigenvalue weighted by Gasteiger charge is 2.41. The van der Waals surface area contributed by atoms with Gasteiger partial charge in [-0.25, -0.2) is 0 Å². The smallest absolute Gasteiger partial charge is 0.326 e. The molecule has 3 heteroatoms. The van der Waals surface area contributed by atoms with Crippen molar-refractivity contribution in [2.75, 3.05) is 6.61 Å². The van der Waals surface area contributed by atoms with Crippen LogP contribution in [0.1, 0.15) is 47.5 Å². The van der Waals surface area contributed by atoms with Gasteiger partial charge in [0.1, 0.15) is 0 Å². The van der Waals surface area contributed by atoms with E-state index in [-0.39, 0.29) is 5.97 Å². The summed E-state index contributed by atoms with van der Waals surface area (Å²) in [7, 11) is 0. The molecule has 0 heterocycles. The van der Waals surface area contributed by atoms with Crippen LogP contribution in [0.5, 0.6) is 0 Å². The fraction of sp³-hybridized carbons (Fsp3) is 0.846. The fourth-order valence-electron chi connectivity index (χ4n) is 2.05. The average Bonchev–Trinajstić information content (AvgIpc) is 2.15. The zero-order chi connectivity index (χ0) is 12.8. The largest absolute Gasteiger partial charge is 0.465 e. The predicted octanol–water partition coefficient (Wildman–Crippen LogP) is 3.15. The summed E-state index contributed by atoms with van der Waals surface area (Å²) in [4.78, 5) is 11.9. The first-order chi connectivity index (χ1) is 7.38. The van der Waals surface area contributed by atoms with E-state index in [0.29, 0.717) is 31.3 Å². The zero-order valence-corrected chi connectivity index (χ0v) is 11.0. The van der Waals surface area contributed by atoms with Gasteiger partial charge in [-0.05, 0) is 31.6 Å². The molecule has 0 aliphatic heterocycles. The van der Waals surface area contributed by atoms with Crippen LogP contribution in [0.4, 0.5) is 0 Å². The van der Waals surface area contributed by atoms with Crippen LogP contribution in [0, 0.1) is 28.6 Å². The third kappa shape index (κ3) is 4.22. The van der Waals surface area contributed by atoms with Crippen LogP contribution in [0.2, 0.25) is 0 Å². The van der Waals surface area contributed by atoms with Crippen molar-refractivity contribution in [2.24, 2.45) is 17.3 Å². The summed E-state index contributed by atoms with van der Waals surface area (Å²) >= 11 is 0. The number of hydrogen-bond acceptors (Lipinski definition) is 3. The van der Waals surface area contributed by atoms with Crippen LogP contribution >= 0.6 is 0 Å². The molecular weight excluding hydrogens is 202 g/mol. The fourth-order valence-corrected chi connectivity index (χ4v) is 2.05. The van der Waals surface area contributed by atoms with Gasteiger partial charge in [0.05, 0.1) is 12.7 Å². The molecule has 3 nitrogen and oxygen atoms in total. The molecule has 0 aromatic rings. The van der Waals surface area contributed by atoms with Crippen LogP contribution in [-0.2, 0) is 9.53 Å². The van der Waals surface area contributed by atoms with E-state index in [9.17, 15) is 10.1 Å². The van der Waals surface area contributed by atoms with Gasteiger partial charge >= 0.3 is 5.97 Å². The van der Waals surface area contributed by atoms with Crippen molar-refractivity contribution in [3.63, 3.8) is 0 Å². The second-order valence-electron chi connectivity index (χ2n) is 5.11. The molecule has 0 aromatic carbocycles. The standard InChI is InChI=1S/C13H23NO2/c1-6-16-12(15)13(9-14,7-10(2)3)8-11(4)5/h10-11H,6-8H2,1-5H3. The first-order valence-corrected chi connectivity index (χ1v) is 5.96. The zero-order valence-electron chi connectivity index (χ0n) is 11.0. The summed E-state index contributed by atoms with van der Waals surface area (Å²) in [6.45, 7) is 10.2. The van der Waals surface area contributed by atoms with Crippen LogP contribution in [0.3, 0.4) is 0 Å². The molecule has 0 rings (SSSR count). The van der Waals surface area contributed by atoms with Gasteiger partial charge < -0.3 is 4.74 Å². The van der Waals surface area contributed by atoms with Gasteiger partial charge in [0.15, 0.2) is 5.41 Å². The first kappa shape index (κ1) is 15.0. The molecule has 92 valence electrons. The molecule has 0 aromatic heterocycles. The Labute approximate surface area is 98.8 Å². The van der Waals surface area contributed by atoms with Crippen LogP contribution in [0.25, 0.3) is 0 Å².